The van der Waals surface area contributed by atoms with Crippen molar-refractivity contribution in [2.75, 3.05) is 24.6 Å². The predicted molar refractivity (Wildman–Crippen MR) is 115 cm³/mol. The molecule has 0 radical (unpaired) electrons. The minimum atomic E-state index is -4.42. The number of aromatic nitrogens is 4. The zero-order valence-electron chi connectivity index (χ0n) is 18.0. The van der Waals surface area contributed by atoms with Gasteiger partial charge in [0.15, 0.2) is 0 Å². The van der Waals surface area contributed by atoms with Crippen LogP contribution in [0.1, 0.15) is 35.2 Å². The van der Waals surface area contributed by atoms with Gasteiger partial charge in [-0.05, 0) is 44.4 Å². The van der Waals surface area contributed by atoms with Crippen LogP contribution in [0, 0.1) is 13.8 Å². The Kier molecular flexibility index (Phi) is 6.10. The van der Waals surface area contributed by atoms with Gasteiger partial charge in [-0.15, -0.1) is 0 Å². The first kappa shape index (κ1) is 22.1. The highest BCUT2D eigenvalue weighted by Crippen LogP contribution is 2.30. The van der Waals surface area contributed by atoms with Crippen molar-refractivity contribution < 1.29 is 17.9 Å². The van der Waals surface area contributed by atoms with Gasteiger partial charge in [0.05, 0.1) is 23.5 Å². The predicted octanol–water partition coefficient (Wildman–Crippen LogP) is 4.67. The van der Waals surface area contributed by atoms with Gasteiger partial charge < -0.3 is 9.64 Å². The Morgan fingerprint density at radius 2 is 2.00 bits per heavy atom. The molecule has 6 nitrogen and oxygen atoms in total. The van der Waals surface area contributed by atoms with Gasteiger partial charge in [-0.25, -0.2) is 9.97 Å². The highest BCUT2D eigenvalue weighted by molar-refractivity contribution is 5.79. The maximum Gasteiger partial charge on any atom is 0.412 e. The second-order valence-electron chi connectivity index (χ2n) is 7.94. The Morgan fingerprint density at radius 1 is 1.19 bits per heavy atom. The van der Waals surface area contributed by atoms with E-state index < -0.39 is 11.7 Å². The van der Waals surface area contributed by atoms with Gasteiger partial charge >= 0.3 is 6.18 Å². The lowest BCUT2D eigenvalue weighted by molar-refractivity contribution is -0.0935. The van der Waals surface area contributed by atoms with E-state index in [1.54, 1.807) is 12.4 Å². The fourth-order valence-corrected chi connectivity index (χ4v) is 3.74. The summed E-state index contributed by atoms with van der Waals surface area (Å²) >= 11 is 0. The maximum atomic E-state index is 12.9. The average Bonchev–Trinajstić information content (AvgIpc) is 2.76. The lowest BCUT2D eigenvalue weighted by Gasteiger charge is -2.34. The molecule has 4 heterocycles. The zero-order chi connectivity index (χ0) is 22.9. The zero-order valence-corrected chi connectivity index (χ0v) is 18.0. The van der Waals surface area contributed by atoms with Crippen molar-refractivity contribution in [1.29, 1.82) is 0 Å². The first-order chi connectivity index (χ1) is 15.2. The van der Waals surface area contributed by atoms with Gasteiger partial charge in [0.25, 0.3) is 0 Å². The molecule has 0 unspecified atom stereocenters. The van der Waals surface area contributed by atoms with Crippen LogP contribution in [0.15, 0.2) is 42.7 Å². The SMILES string of the molecule is C=C(CCc1nc(N2CCO[C@H](c3ccnc(C)c3)C2)cc2nc(C)cnc12)C(F)(F)F. The molecule has 3 aromatic rings. The molecule has 168 valence electrons. The van der Waals surface area contributed by atoms with Crippen molar-refractivity contribution in [2.45, 2.75) is 39.0 Å². The van der Waals surface area contributed by atoms with Crippen molar-refractivity contribution in [3.8, 4) is 0 Å². The van der Waals surface area contributed by atoms with Crippen LogP contribution >= 0.6 is 0 Å². The third kappa shape index (κ3) is 4.88. The normalized spacial score (nSPS) is 17.0. The summed E-state index contributed by atoms with van der Waals surface area (Å²) in [6.07, 6.45) is -1.38. The van der Waals surface area contributed by atoms with E-state index in [1.807, 2.05) is 32.0 Å². The van der Waals surface area contributed by atoms with Gasteiger partial charge in [-0.1, -0.05) is 6.58 Å². The third-order valence-corrected chi connectivity index (χ3v) is 5.46. The monoisotopic (exact) mass is 443 g/mol. The van der Waals surface area contributed by atoms with E-state index in [1.165, 1.54) is 0 Å². The van der Waals surface area contributed by atoms with E-state index >= 15 is 0 Å². The molecule has 3 aromatic heterocycles. The molecule has 1 atom stereocenters. The van der Waals surface area contributed by atoms with E-state index in [-0.39, 0.29) is 18.9 Å². The average molecular weight is 443 g/mol. The van der Waals surface area contributed by atoms with Gasteiger partial charge in [0, 0.05) is 42.8 Å². The molecular formula is C23H24F3N5O. The molecule has 0 amide bonds. The number of ether oxygens (including phenoxy) is 1. The fourth-order valence-electron chi connectivity index (χ4n) is 3.74. The summed E-state index contributed by atoms with van der Waals surface area (Å²) in [7, 11) is 0. The van der Waals surface area contributed by atoms with Gasteiger partial charge in [-0.3, -0.25) is 9.97 Å². The highest BCUT2D eigenvalue weighted by Gasteiger charge is 2.31. The van der Waals surface area contributed by atoms with Crippen molar-refractivity contribution >= 4 is 16.9 Å². The summed E-state index contributed by atoms with van der Waals surface area (Å²) in [5.74, 6) is 0.657. The lowest BCUT2D eigenvalue weighted by atomic mass is 10.1. The van der Waals surface area contributed by atoms with Crippen LogP contribution in [0.4, 0.5) is 19.0 Å². The number of halogens is 3. The van der Waals surface area contributed by atoms with Crippen LogP contribution in [0.25, 0.3) is 11.0 Å². The molecule has 32 heavy (non-hydrogen) atoms. The molecule has 0 bridgehead atoms. The van der Waals surface area contributed by atoms with Crippen molar-refractivity contribution in [3.05, 3.63) is 65.4 Å². The number of fused-ring (bicyclic) bond motifs is 1. The number of allylic oxidation sites excluding steroid dienone is 1. The fraction of sp³-hybridized carbons (Fsp3) is 0.391. The minimum Gasteiger partial charge on any atom is -0.370 e. The minimum absolute atomic E-state index is 0.0811. The van der Waals surface area contributed by atoms with Gasteiger partial charge in [0.2, 0.25) is 0 Å². The second-order valence-corrected chi connectivity index (χ2v) is 7.94. The number of rotatable bonds is 5. The largest absolute Gasteiger partial charge is 0.412 e. The van der Waals surface area contributed by atoms with Crippen LogP contribution in [0.5, 0.6) is 0 Å². The van der Waals surface area contributed by atoms with Crippen molar-refractivity contribution in [1.82, 2.24) is 19.9 Å². The number of hydrogen-bond acceptors (Lipinski definition) is 6. The number of aryl methyl sites for hydroxylation is 3. The summed E-state index contributed by atoms with van der Waals surface area (Å²) < 4.78 is 44.8. The molecule has 0 saturated carbocycles. The maximum absolute atomic E-state index is 12.9. The molecule has 1 aliphatic heterocycles. The molecule has 0 aromatic carbocycles. The molecule has 1 aliphatic rings. The number of alkyl halides is 3. The Morgan fingerprint density at radius 3 is 2.75 bits per heavy atom. The van der Waals surface area contributed by atoms with Crippen molar-refractivity contribution in [3.63, 3.8) is 0 Å². The van der Waals surface area contributed by atoms with Crippen LogP contribution in [-0.2, 0) is 11.2 Å². The van der Waals surface area contributed by atoms with Crippen LogP contribution in [0.3, 0.4) is 0 Å². The Hall–Kier alpha value is -3.07. The number of nitrogens with zero attached hydrogens (tertiary/aromatic N) is 5. The molecule has 0 spiro atoms. The molecule has 0 aliphatic carbocycles. The lowest BCUT2D eigenvalue weighted by Crippen LogP contribution is -2.39. The van der Waals surface area contributed by atoms with Crippen LogP contribution in [0.2, 0.25) is 0 Å². The van der Waals surface area contributed by atoms with Crippen LogP contribution < -0.4 is 4.90 Å². The molecular weight excluding hydrogens is 419 g/mol. The number of morpholine rings is 1. The number of anilines is 1. The van der Waals surface area contributed by atoms with E-state index in [0.29, 0.717) is 42.2 Å². The van der Waals surface area contributed by atoms with Crippen LogP contribution in [-0.4, -0.2) is 45.8 Å². The highest BCUT2D eigenvalue weighted by atomic mass is 19.4. The topological polar surface area (TPSA) is 64.0 Å². The molecule has 1 saturated heterocycles. The first-order valence-electron chi connectivity index (χ1n) is 10.4. The Balaban J connectivity index is 1.65. The summed E-state index contributed by atoms with van der Waals surface area (Å²) in [5.41, 5.74) is 3.50. The van der Waals surface area contributed by atoms with E-state index in [0.717, 1.165) is 17.0 Å². The smallest absolute Gasteiger partial charge is 0.370 e. The van der Waals surface area contributed by atoms with E-state index in [2.05, 4.69) is 26.4 Å². The van der Waals surface area contributed by atoms with E-state index in [9.17, 15) is 13.2 Å². The standard InChI is InChI=1S/C23H24F3N5O/c1-14(23(24,25)26)4-5-18-22-19(29-16(3)12-28-22)11-21(30-18)31-8-9-32-20(13-31)17-6-7-27-15(2)10-17/h6-7,10-12,20H,1,4-5,8-9,13H2,2-3H3/t20-/m0/s1. The Bertz CT molecular complexity index is 1150. The number of hydrogen-bond donors (Lipinski definition) is 0. The molecule has 9 heteroatoms. The van der Waals surface area contributed by atoms with Gasteiger partial charge in [-0.2, -0.15) is 13.2 Å². The molecule has 0 N–H and O–H groups in total. The quantitative estimate of drug-likeness (QED) is 0.534. The first-order valence-corrected chi connectivity index (χ1v) is 10.4. The summed E-state index contributed by atoms with van der Waals surface area (Å²) in [5, 5.41) is 0. The van der Waals surface area contributed by atoms with Crippen molar-refractivity contribution in [2.24, 2.45) is 0 Å². The summed E-state index contributed by atoms with van der Waals surface area (Å²) in [6.45, 7) is 8.62. The molecule has 1 fully saturated rings. The Labute approximate surface area is 184 Å². The third-order valence-electron chi connectivity index (χ3n) is 5.46. The van der Waals surface area contributed by atoms with E-state index in [4.69, 9.17) is 9.72 Å². The molecule has 4 rings (SSSR count). The summed E-state index contributed by atoms with van der Waals surface area (Å²) in [6, 6.07) is 5.76. The second kappa shape index (κ2) is 8.82. The summed E-state index contributed by atoms with van der Waals surface area (Å²) in [4.78, 5) is 20.0. The van der Waals surface area contributed by atoms with Gasteiger partial charge in [0.1, 0.15) is 17.4 Å². The number of pyridine rings is 2.